The fraction of sp³-hybridized carbons (Fsp3) is 0.333. The highest BCUT2D eigenvalue weighted by Gasteiger charge is 2.19. The molecule has 96 valence electrons. The van der Waals surface area contributed by atoms with E-state index in [9.17, 15) is 4.79 Å². The summed E-state index contributed by atoms with van der Waals surface area (Å²) < 4.78 is 0.957. The number of rotatable bonds is 3. The first-order valence-corrected chi connectivity index (χ1v) is 7.23. The van der Waals surface area contributed by atoms with E-state index in [0.29, 0.717) is 10.2 Å². The molecule has 3 nitrogen and oxygen atoms in total. The lowest BCUT2D eigenvalue weighted by atomic mass is 10.1. The number of benzene rings is 1. The van der Waals surface area contributed by atoms with E-state index in [-0.39, 0.29) is 17.1 Å². The number of amides is 1. The predicted octanol–water partition coefficient (Wildman–Crippen LogP) is 3.84. The summed E-state index contributed by atoms with van der Waals surface area (Å²) in [5, 5.41) is 3.69. The Bertz CT molecular complexity index is 582. The normalized spacial score (nSPS) is 12.9. The number of carbonyl (C=O) groups is 1. The Kier molecular flexibility index (Phi) is 4.14. The van der Waals surface area contributed by atoms with Crippen molar-refractivity contribution in [2.75, 3.05) is 5.32 Å². The van der Waals surface area contributed by atoms with E-state index in [1.807, 2.05) is 26.0 Å². The van der Waals surface area contributed by atoms with Gasteiger partial charge >= 0.3 is 0 Å². The van der Waals surface area contributed by atoms with Gasteiger partial charge in [-0.25, -0.2) is 4.98 Å². The van der Waals surface area contributed by atoms with Crippen LogP contribution in [0.1, 0.15) is 13.8 Å². The fourth-order valence-electron chi connectivity index (χ4n) is 1.43. The molecule has 6 heteroatoms. The van der Waals surface area contributed by atoms with Gasteiger partial charge in [0.05, 0.1) is 15.5 Å². The molecule has 18 heavy (non-hydrogen) atoms. The smallest absolute Gasteiger partial charge is 0.239 e. The van der Waals surface area contributed by atoms with Gasteiger partial charge < -0.3 is 5.32 Å². The van der Waals surface area contributed by atoms with Gasteiger partial charge in [0.25, 0.3) is 0 Å². The average Bonchev–Trinajstić information content (AvgIpc) is 2.68. The number of anilines is 1. The number of thiazole rings is 1. The molecular formula is C12H13ClN2OS2. The van der Waals surface area contributed by atoms with E-state index in [4.69, 9.17) is 11.6 Å². The van der Waals surface area contributed by atoms with Crippen molar-refractivity contribution < 1.29 is 4.79 Å². The molecule has 1 unspecified atom stereocenters. The van der Waals surface area contributed by atoms with Crippen LogP contribution in [0.15, 0.2) is 18.2 Å². The van der Waals surface area contributed by atoms with Crippen LogP contribution in [0.25, 0.3) is 10.2 Å². The van der Waals surface area contributed by atoms with E-state index < -0.39 is 0 Å². The largest absolute Gasteiger partial charge is 0.301 e. The first kappa shape index (κ1) is 13.6. The van der Waals surface area contributed by atoms with E-state index in [1.165, 1.54) is 11.3 Å². The van der Waals surface area contributed by atoms with Crippen molar-refractivity contribution in [2.45, 2.75) is 19.1 Å². The molecule has 2 rings (SSSR count). The molecule has 0 bridgehead atoms. The Labute approximate surface area is 120 Å². The molecular weight excluding hydrogens is 288 g/mol. The first-order valence-electron chi connectivity index (χ1n) is 5.52. The van der Waals surface area contributed by atoms with E-state index in [0.717, 1.165) is 10.2 Å². The van der Waals surface area contributed by atoms with Gasteiger partial charge in [-0.2, -0.15) is 12.6 Å². The third-order valence-electron chi connectivity index (χ3n) is 2.48. The molecule has 0 saturated carbocycles. The molecule has 1 N–H and O–H groups in total. The van der Waals surface area contributed by atoms with Crippen molar-refractivity contribution in [3.05, 3.63) is 23.2 Å². The SMILES string of the molecule is CC(C)C(S)C(=O)Nc1nc2ccc(Cl)cc2s1. The topological polar surface area (TPSA) is 42.0 Å². The second kappa shape index (κ2) is 5.47. The van der Waals surface area contributed by atoms with Crippen LogP contribution in [-0.4, -0.2) is 16.1 Å². The third-order valence-corrected chi connectivity index (χ3v) is 4.48. The maximum atomic E-state index is 11.9. The van der Waals surface area contributed by atoms with Crippen LogP contribution in [-0.2, 0) is 4.79 Å². The summed E-state index contributed by atoms with van der Waals surface area (Å²) in [7, 11) is 0. The number of nitrogens with zero attached hydrogens (tertiary/aromatic N) is 1. The summed E-state index contributed by atoms with van der Waals surface area (Å²) >= 11 is 11.6. The van der Waals surface area contributed by atoms with Crippen LogP contribution in [0.5, 0.6) is 0 Å². The minimum absolute atomic E-state index is 0.126. The molecule has 2 aromatic rings. The third kappa shape index (κ3) is 2.96. The molecule has 1 amide bonds. The molecule has 0 fully saturated rings. The van der Waals surface area contributed by atoms with Gasteiger partial charge in [0.2, 0.25) is 5.91 Å². The van der Waals surface area contributed by atoms with Crippen LogP contribution in [0.2, 0.25) is 5.02 Å². The number of fused-ring (bicyclic) bond motifs is 1. The average molecular weight is 301 g/mol. The molecule has 1 heterocycles. The molecule has 1 aromatic heterocycles. The van der Waals surface area contributed by atoms with Crippen molar-refractivity contribution in [3.8, 4) is 0 Å². The first-order chi connectivity index (χ1) is 8.47. The number of hydrogen-bond acceptors (Lipinski definition) is 4. The second-order valence-electron chi connectivity index (χ2n) is 4.31. The van der Waals surface area contributed by atoms with Crippen molar-refractivity contribution in [2.24, 2.45) is 5.92 Å². The van der Waals surface area contributed by atoms with Gasteiger partial charge in [0, 0.05) is 5.02 Å². The summed E-state index contributed by atoms with van der Waals surface area (Å²) in [6, 6.07) is 5.46. The highest BCUT2D eigenvalue weighted by atomic mass is 35.5. The van der Waals surface area contributed by atoms with Gasteiger partial charge in [-0.15, -0.1) is 0 Å². The fourth-order valence-corrected chi connectivity index (χ4v) is 2.64. The monoisotopic (exact) mass is 300 g/mol. The van der Waals surface area contributed by atoms with Gasteiger partial charge in [-0.3, -0.25) is 4.79 Å². The standard InChI is InChI=1S/C12H13ClN2OS2/c1-6(2)10(17)11(16)15-12-14-8-4-3-7(13)5-9(8)18-12/h3-6,10,17H,1-2H3,(H,14,15,16). The van der Waals surface area contributed by atoms with Crippen LogP contribution >= 0.6 is 35.6 Å². The molecule has 0 spiro atoms. The Morgan fingerprint density at radius 2 is 2.22 bits per heavy atom. The molecule has 0 saturated heterocycles. The van der Waals surface area contributed by atoms with E-state index in [2.05, 4.69) is 22.9 Å². The number of thiol groups is 1. The summed E-state index contributed by atoms with van der Waals surface area (Å²) in [5.41, 5.74) is 0.833. The van der Waals surface area contributed by atoms with Crippen LogP contribution in [0.4, 0.5) is 5.13 Å². The zero-order valence-corrected chi connectivity index (χ0v) is 12.4. The number of carbonyl (C=O) groups excluding carboxylic acids is 1. The predicted molar refractivity (Wildman–Crippen MR) is 80.9 cm³/mol. The van der Waals surface area contributed by atoms with E-state index >= 15 is 0 Å². The summed E-state index contributed by atoms with van der Waals surface area (Å²) in [4.78, 5) is 16.2. The zero-order valence-electron chi connectivity index (χ0n) is 9.98. The zero-order chi connectivity index (χ0) is 13.3. The minimum Gasteiger partial charge on any atom is -0.301 e. The lowest BCUT2D eigenvalue weighted by Crippen LogP contribution is -2.27. The minimum atomic E-state index is -0.333. The van der Waals surface area contributed by atoms with Crippen molar-refractivity contribution >= 4 is 56.8 Å². The maximum absolute atomic E-state index is 11.9. The molecule has 1 aromatic carbocycles. The van der Waals surface area contributed by atoms with Gasteiger partial charge in [-0.1, -0.05) is 36.8 Å². The van der Waals surface area contributed by atoms with Crippen molar-refractivity contribution in [1.29, 1.82) is 0 Å². The second-order valence-corrected chi connectivity index (χ2v) is 6.33. The molecule has 0 radical (unpaired) electrons. The van der Waals surface area contributed by atoms with Crippen molar-refractivity contribution in [3.63, 3.8) is 0 Å². The summed E-state index contributed by atoms with van der Waals surface area (Å²) in [6.45, 7) is 3.91. The van der Waals surface area contributed by atoms with E-state index in [1.54, 1.807) is 6.07 Å². The molecule has 1 atom stereocenters. The van der Waals surface area contributed by atoms with Gasteiger partial charge in [0.15, 0.2) is 5.13 Å². The lowest BCUT2D eigenvalue weighted by molar-refractivity contribution is -0.116. The number of aromatic nitrogens is 1. The summed E-state index contributed by atoms with van der Waals surface area (Å²) in [5.74, 6) is 0.0515. The molecule has 0 aliphatic carbocycles. The lowest BCUT2D eigenvalue weighted by Gasteiger charge is -2.12. The Morgan fingerprint density at radius 3 is 2.89 bits per heavy atom. The van der Waals surface area contributed by atoms with Gasteiger partial charge in [-0.05, 0) is 24.1 Å². The highest BCUT2D eigenvalue weighted by Crippen LogP contribution is 2.28. The maximum Gasteiger partial charge on any atom is 0.239 e. The van der Waals surface area contributed by atoms with Crippen LogP contribution in [0, 0.1) is 5.92 Å². The number of hydrogen-bond donors (Lipinski definition) is 2. The Morgan fingerprint density at radius 1 is 1.50 bits per heavy atom. The van der Waals surface area contributed by atoms with Gasteiger partial charge in [0.1, 0.15) is 0 Å². The number of nitrogens with one attached hydrogen (secondary N) is 1. The molecule has 0 aliphatic rings. The Hall–Kier alpha value is -0.780. The number of halogens is 1. The highest BCUT2D eigenvalue weighted by molar-refractivity contribution is 7.81. The summed E-state index contributed by atoms with van der Waals surface area (Å²) in [6.07, 6.45) is 0. The molecule has 0 aliphatic heterocycles. The van der Waals surface area contributed by atoms with Crippen molar-refractivity contribution in [1.82, 2.24) is 4.98 Å². The Balaban J connectivity index is 2.20. The quantitative estimate of drug-likeness (QED) is 0.846. The van der Waals surface area contributed by atoms with Crippen LogP contribution < -0.4 is 5.32 Å². The van der Waals surface area contributed by atoms with Crippen LogP contribution in [0.3, 0.4) is 0 Å².